The van der Waals surface area contributed by atoms with Crippen molar-refractivity contribution in [3.63, 3.8) is 0 Å². The summed E-state index contributed by atoms with van der Waals surface area (Å²) in [6.07, 6.45) is -0.0741. The van der Waals surface area contributed by atoms with E-state index in [0.29, 0.717) is 6.42 Å². The number of carbonyl (C=O) groups excluding carboxylic acids is 1. The van der Waals surface area contributed by atoms with Crippen molar-refractivity contribution >= 4 is 5.91 Å². The van der Waals surface area contributed by atoms with Gasteiger partial charge in [0.15, 0.2) is 0 Å². The van der Waals surface area contributed by atoms with Crippen molar-refractivity contribution in [2.75, 3.05) is 7.05 Å². The maximum Gasteiger partial charge on any atom is 0.224 e. The molecule has 0 radical (unpaired) electrons. The Balaban J connectivity index is 2.65. The van der Waals surface area contributed by atoms with Crippen molar-refractivity contribution in [3.05, 3.63) is 0 Å². The molecule has 52 valence electrons. The maximum absolute atomic E-state index is 10.8. The summed E-state index contributed by atoms with van der Waals surface area (Å²) in [5.41, 5.74) is 0. The summed E-state index contributed by atoms with van der Waals surface area (Å²) in [5.74, 6) is 0.137. The van der Waals surface area contributed by atoms with Gasteiger partial charge in [-0.05, 0) is 0 Å². The van der Waals surface area contributed by atoms with Crippen LogP contribution in [0.25, 0.3) is 0 Å². The Morgan fingerprint density at radius 1 is 1.78 bits per heavy atom. The van der Waals surface area contributed by atoms with Crippen molar-refractivity contribution in [1.82, 2.24) is 4.90 Å². The fraction of sp³-hybridized carbons (Fsp3) is 0.833. The van der Waals surface area contributed by atoms with Crippen molar-refractivity contribution < 1.29 is 9.90 Å². The first-order valence-corrected chi connectivity index (χ1v) is 3.06. The smallest absolute Gasteiger partial charge is 0.224 e. The monoisotopic (exact) mass is 129 g/mol. The number of carbonyl (C=O) groups is 1. The van der Waals surface area contributed by atoms with E-state index in [-0.39, 0.29) is 11.8 Å². The van der Waals surface area contributed by atoms with E-state index in [4.69, 9.17) is 5.11 Å². The van der Waals surface area contributed by atoms with Crippen molar-refractivity contribution in [2.24, 2.45) is 5.92 Å². The van der Waals surface area contributed by atoms with Crippen molar-refractivity contribution in [3.8, 4) is 0 Å². The molecular weight excluding hydrogens is 118 g/mol. The molecule has 2 atom stereocenters. The second-order valence-electron chi connectivity index (χ2n) is 2.60. The lowest BCUT2D eigenvalue weighted by Crippen LogP contribution is -2.30. The molecule has 0 aliphatic carbocycles. The molecule has 1 fully saturated rings. The SMILES string of the molecule is C[C@@H]1CC(=O)N(C)C1O. The first-order valence-electron chi connectivity index (χ1n) is 3.06. The minimum Gasteiger partial charge on any atom is -0.373 e. The molecule has 3 nitrogen and oxygen atoms in total. The van der Waals surface area contributed by atoms with Gasteiger partial charge in [0.05, 0.1) is 0 Å². The van der Waals surface area contributed by atoms with Gasteiger partial charge in [-0.25, -0.2) is 0 Å². The lowest BCUT2D eigenvalue weighted by molar-refractivity contribution is -0.131. The average molecular weight is 129 g/mol. The summed E-state index contributed by atoms with van der Waals surface area (Å²) in [7, 11) is 1.62. The molecule has 3 heteroatoms. The van der Waals surface area contributed by atoms with Crippen molar-refractivity contribution in [2.45, 2.75) is 19.6 Å². The number of rotatable bonds is 0. The molecule has 0 aromatic carbocycles. The molecule has 0 bridgehead atoms. The van der Waals surface area contributed by atoms with Crippen LogP contribution in [0.3, 0.4) is 0 Å². The van der Waals surface area contributed by atoms with E-state index in [1.54, 1.807) is 7.05 Å². The van der Waals surface area contributed by atoms with Gasteiger partial charge in [0, 0.05) is 19.4 Å². The van der Waals surface area contributed by atoms with Crippen LogP contribution in [0.2, 0.25) is 0 Å². The predicted molar refractivity (Wildman–Crippen MR) is 32.6 cm³/mol. The minimum absolute atomic E-state index is 0.0370. The number of amides is 1. The highest BCUT2D eigenvalue weighted by molar-refractivity contribution is 5.78. The van der Waals surface area contributed by atoms with Gasteiger partial charge in [0.1, 0.15) is 6.23 Å². The van der Waals surface area contributed by atoms with Gasteiger partial charge in [-0.1, -0.05) is 6.92 Å². The van der Waals surface area contributed by atoms with Gasteiger partial charge in [-0.2, -0.15) is 0 Å². The molecule has 0 aromatic rings. The molecule has 1 aliphatic heterocycles. The molecule has 0 aromatic heterocycles. The zero-order valence-corrected chi connectivity index (χ0v) is 5.66. The molecule has 1 unspecified atom stereocenters. The normalized spacial score (nSPS) is 35.9. The standard InChI is InChI=1S/C6H11NO2/c1-4-3-5(8)7(2)6(4)9/h4,6,9H,3H2,1-2H3/t4-,6?/m1/s1. The molecule has 0 spiro atoms. The number of nitrogens with zero attached hydrogens (tertiary/aromatic N) is 1. The zero-order valence-electron chi connectivity index (χ0n) is 5.66. The van der Waals surface area contributed by atoms with E-state index in [9.17, 15) is 4.79 Å². The number of likely N-dealkylation sites (tertiary alicyclic amines) is 1. The van der Waals surface area contributed by atoms with Crippen LogP contribution in [0, 0.1) is 5.92 Å². The molecule has 1 rings (SSSR count). The number of aliphatic hydroxyl groups is 1. The minimum atomic E-state index is -0.558. The predicted octanol–water partition coefficient (Wildman–Crippen LogP) is -0.197. The highest BCUT2D eigenvalue weighted by Gasteiger charge is 2.32. The van der Waals surface area contributed by atoms with E-state index < -0.39 is 6.23 Å². The molecule has 9 heavy (non-hydrogen) atoms. The van der Waals surface area contributed by atoms with Crippen LogP contribution in [0.5, 0.6) is 0 Å². The van der Waals surface area contributed by atoms with Gasteiger partial charge in [0.25, 0.3) is 0 Å². The Morgan fingerprint density at radius 2 is 2.33 bits per heavy atom. The summed E-state index contributed by atoms with van der Waals surface area (Å²) < 4.78 is 0. The maximum atomic E-state index is 10.8. The highest BCUT2D eigenvalue weighted by atomic mass is 16.3. The lowest BCUT2D eigenvalue weighted by Gasteiger charge is -2.15. The van der Waals surface area contributed by atoms with Gasteiger partial charge in [-0.3, -0.25) is 4.79 Å². The summed E-state index contributed by atoms with van der Waals surface area (Å²) in [4.78, 5) is 12.1. The molecule has 1 N–H and O–H groups in total. The van der Waals surface area contributed by atoms with Crippen LogP contribution < -0.4 is 0 Å². The first-order chi connectivity index (χ1) is 4.13. The van der Waals surface area contributed by atoms with E-state index in [0.717, 1.165) is 0 Å². The van der Waals surface area contributed by atoms with Gasteiger partial charge >= 0.3 is 0 Å². The Kier molecular flexibility index (Phi) is 1.45. The van der Waals surface area contributed by atoms with Gasteiger partial charge in [0.2, 0.25) is 5.91 Å². The van der Waals surface area contributed by atoms with Crippen LogP contribution in [-0.2, 0) is 4.79 Å². The third kappa shape index (κ3) is 0.920. The Labute approximate surface area is 54.3 Å². The van der Waals surface area contributed by atoms with E-state index >= 15 is 0 Å². The van der Waals surface area contributed by atoms with E-state index in [2.05, 4.69) is 0 Å². The molecule has 1 aliphatic rings. The molecule has 1 amide bonds. The first kappa shape index (κ1) is 6.55. The van der Waals surface area contributed by atoms with E-state index in [1.807, 2.05) is 6.92 Å². The lowest BCUT2D eigenvalue weighted by atomic mass is 10.1. The van der Waals surface area contributed by atoms with Crippen LogP contribution in [0.15, 0.2) is 0 Å². The third-order valence-corrected chi connectivity index (χ3v) is 1.80. The average Bonchev–Trinajstić information content (AvgIpc) is 1.98. The summed E-state index contributed by atoms with van der Waals surface area (Å²) in [5, 5.41) is 9.14. The summed E-state index contributed by atoms with van der Waals surface area (Å²) in [6, 6.07) is 0. The fourth-order valence-corrected chi connectivity index (χ4v) is 1.05. The summed E-state index contributed by atoms with van der Waals surface area (Å²) in [6.45, 7) is 1.87. The summed E-state index contributed by atoms with van der Waals surface area (Å²) >= 11 is 0. The topological polar surface area (TPSA) is 40.5 Å². The quantitative estimate of drug-likeness (QED) is 0.492. The zero-order chi connectivity index (χ0) is 7.02. The van der Waals surface area contributed by atoms with Crippen LogP contribution >= 0.6 is 0 Å². The van der Waals surface area contributed by atoms with Crippen LogP contribution in [0.1, 0.15) is 13.3 Å². The Hall–Kier alpha value is -0.570. The number of hydrogen-bond donors (Lipinski definition) is 1. The van der Waals surface area contributed by atoms with Gasteiger partial charge in [-0.15, -0.1) is 0 Å². The van der Waals surface area contributed by atoms with Crippen molar-refractivity contribution in [1.29, 1.82) is 0 Å². The van der Waals surface area contributed by atoms with Gasteiger partial charge < -0.3 is 10.0 Å². The molecule has 1 heterocycles. The highest BCUT2D eigenvalue weighted by Crippen LogP contribution is 2.20. The van der Waals surface area contributed by atoms with Crippen LogP contribution in [0.4, 0.5) is 0 Å². The Morgan fingerprint density at radius 3 is 2.44 bits per heavy atom. The largest absolute Gasteiger partial charge is 0.373 e. The van der Waals surface area contributed by atoms with Crippen LogP contribution in [-0.4, -0.2) is 29.2 Å². The molecule has 1 saturated heterocycles. The second kappa shape index (κ2) is 1.99. The Bertz CT molecular complexity index is 135. The number of hydrogen-bond acceptors (Lipinski definition) is 2. The van der Waals surface area contributed by atoms with E-state index in [1.165, 1.54) is 4.90 Å². The number of aliphatic hydroxyl groups excluding tert-OH is 1. The molecular formula is C6H11NO2. The third-order valence-electron chi connectivity index (χ3n) is 1.80. The fourth-order valence-electron chi connectivity index (χ4n) is 1.05. The molecule has 0 saturated carbocycles. The second-order valence-corrected chi connectivity index (χ2v) is 2.60.